The van der Waals surface area contributed by atoms with Crippen molar-refractivity contribution in [3.63, 3.8) is 0 Å². The first kappa shape index (κ1) is 13.3. The minimum atomic E-state index is 1.17. The number of nitrogens with zero attached hydrogens (tertiary/aromatic N) is 2. The molecule has 0 atom stereocenters. The van der Waals surface area contributed by atoms with E-state index in [4.69, 9.17) is 0 Å². The fraction of sp³-hybridized carbons (Fsp3) is 0.0476. The fourth-order valence-electron chi connectivity index (χ4n) is 3.53. The van der Waals surface area contributed by atoms with Crippen LogP contribution in [-0.4, -0.2) is 9.97 Å². The molecule has 1 aromatic carbocycles. The van der Waals surface area contributed by atoms with E-state index in [0.29, 0.717) is 0 Å². The Morgan fingerprint density at radius 3 is 2.67 bits per heavy atom. The van der Waals surface area contributed by atoms with E-state index in [1.807, 2.05) is 12.4 Å². The highest BCUT2D eigenvalue weighted by Gasteiger charge is 2.16. The molecule has 4 aromatic heterocycles. The second kappa shape index (κ2) is 4.90. The average molecular weight is 310 g/mol. The Hall–Kier alpha value is -3.20. The van der Waals surface area contributed by atoms with Crippen LogP contribution < -0.4 is 4.40 Å². The molecule has 114 valence electrons. The predicted molar refractivity (Wildman–Crippen MR) is 96.9 cm³/mol. The lowest BCUT2D eigenvalue weighted by Gasteiger charge is -2.05. The maximum absolute atomic E-state index is 4.13. The number of aryl methyl sites for hydroxylation is 1. The molecule has 0 unspecified atom stereocenters. The highest BCUT2D eigenvalue weighted by Crippen LogP contribution is 2.29. The van der Waals surface area contributed by atoms with Crippen LogP contribution >= 0.6 is 0 Å². The van der Waals surface area contributed by atoms with E-state index >= 15 is 0 Å². The molecule has 24 heavy (non-hydrogen) atoms. The summed E-state index contributed by atoms with van der Waals surface area (Å²) in [5.41, 5.74) is 7.21. The van der Waals surface area contributed by atoms with E-state index in [-0.39, 0.29) is 0 Å². The summed E-state index contributed by atoms with van der Waals surface area (Å²) in [6, 6.07) is 17.0. The SMILES string of the molecule is Cc1c[n+]2ccc3c4ccccc4[nH]c3c2cc1-c1ccncc1. The van der Waals surface area contributed by atoms with Gasteiger partial charge in [-0.15, -0.1) is 0 Å². The number of rotatable bonds is 1. The average Bonchev–Trinajstić information content (AvgIpc) is 3.01. The van der Waals surface area contributed by atoms with Crippen molar-refractivity contribution in [2.75, 3.05) is 0 Å². The smallest absolute Gasteiger partial charge is 0.235 e. The zero-order valence-corrected chi connectivity index (χ0v) is 13.3. The maximum Gasteiger partial charge on any atom is 0.235 e. The van der Waals surface area contributed by atoms with Gasteiger partial charge in [0, 0.05) is 46.4 Å². The monoisotopic (exact) mass is 310 g/mol. The van der Waals surface area contributed by atoms with Gasteiger partial charge in [-0.3, -0.25) is 4.98 Å². The van der Waals surface area contributed by atoms with Crippen LogP contribution in [0.5, 0.6) is 0 Å². The molecule has 3 nitrogen and oxygen atoms in total. The quantitative estimate of drug-likeness (QED) is 0.456. The number of fused-ring (bicyclic) bond motifs is 5. The van der Waals surface area contributed by atoms with Gasteiger partial charge >= 0.3 is 0 Å². The largest absolute Gasteiger partial charge is 0.349 e. The number of benzene rings is 1. The number of aromatic amines is 1. The molecule has 0 aliphatic carbocycles. The minimum absolute atomic E-state index is 1.17. The maximum atomic E-state index is 4.13. The molecular formula is C21H16N3+. The first-order chi connectivity index (χ1) is 11.8. The van der Waals surface area contributed by atoms with Gasteiger partial charge in [0.25, 0.3) is 0 Å². The van der Waals surface area contributed by atoms with Crippen LogP contribution in [0.15, 0.2) is 73.3 Å². The van der Waals surface area contributed by atoms with E-state index in [2.05, 4.69) is 82.2 Å². The summed E-state index contributed by atoms with van der Waals surface area (Å²) in [7, 11) is 0. The second-order valence-corrected chi connectivity index (χ2v) is 6.17. The van der Waals surface area contributed by atoms with Gasteiger partial charge in [-0.25, -0.2) is 0 Å². The first-order valence-corrected chi connectivity index (χ1v) is 8.07. The predicted octanol–water partition coefficient (Wildman–Crippen LogP) is 4.43. The third-order valence-electron chi connectivity index (χ3n) is 4.71. The van der Waals surface area contributed by atoms with Crippen molar-refractivity contribution in [3.05, 3.63) is 78.9 Å². The van der Waals surface area contributed by atoms with Gasteiger partial charge in [-0.05, 0) is 36.2 Å². The summed E-state index contributed by atoms with van der Waals surface area (Å²) in [4.78, 5) is 7.72. The molecular weight excluding hydrogens is 294 g/mol. The van der Waals surface area contributed by atoms with Crippen LogP contribution in [-0.2, 0) is 0 Å². The topological polar surface area (TPSA) is 32.8 Å². The third kappa shape index (κ3) is 1.85. The fourth-order valence-corrected chi connectivity index (χ4v) is 3.53. The van der Waals surface area contributed by atoms with Gasteiger partial charge in [0.05, 0.1) is 0 Å². The van der Waals surface area contributed by atoms with Crippen LogP contribution in [0.4, 0.5) is 0 Å². The Bertz CT molecular complexity index is 1200. The van der Waals surface area contributed by atoms with E-state index in [1.54, 1.807) is 0 Å². The first-order valence-electron chi connectivity index (χ1n) is 8.07. The van der Waals surface area contributed by atoms with Crippen LogP contribution in [0, 0.1) is 6.92 Å². The van der Waals surface area contributed by atoms with Gasteiger partial charge in [-0.1, -0.05) is 18.2 Å². The van der Waals surface area contributed by atoms with Gasteiger partial charge < -0.3 is 4.98 Å². The molecule has 0 aliphatic heterocycles. The Labute approximate surface area is 139 Å². The number of hydrogen-bond donors (Lipinski definition) is 1. The third-order valence-corrected chi connectivity index (χ3v) is 4.71. The Balaban J connectivity index is 1.91. The van der Waals surface area contributed by atoms with Gasteiger partial charge in [0.15, 0.2) is 12.4 Å². The summed E-state index contributed by atoms with van der Waals surface area (Å²) in [6.07, 6.45) is 8.02. The number of pyridine rings is 3. The van der Waals surface area contributed by atoms with Crippen LogP contribution in [0.2, 0.25) is 0 Å². The van der Waals surface area contributed by atoms with E-state index in [0.717, 1.165) is 0 Å². The normalized spacial score (nSPS) is 11.5. The molecule has 0 spiro atoms. The summed E-state index contributed by atoms with van der Waals surface area (Å²) in [5.74, 6) is 0. The molecule has 4 heterocycles. The number of nitrogens with one attached hydrogen (secondary N) is 1. The van der Waals surface area contributed by atoms with Crippen molar-refractivity contribution in [1.29, 1.82) is 0 Å². The van der Waals surface area contributed by atoms with E-state index in [9.17, 15) is 0 Å². The molecule has 5 aromatic rings. The molecule has 0 saturated heterocycles. The Morgan fingerprint density at radius 1 is 0.958 bits per heavy atom. The molecule has 0 aliphatic rings. The van der Waals surface area contributed by atoms with Gasteiger partial charge in [0.1, 0.15) is 5.52 Å². The lowest BCUT2D eigenvalue weighted by atomic mass is 10.0. The molecule has 0 bridgehead atoms. The number of H-pyrrole nitrogens is 1. The zero-order valence-electron chi connectivity index (χ0n) is 13.3. The molecule has 3 heteroatoms. The van der Waals surface area contributed by atoms with E-state index in [1.165, 1.54) is 44.0 Å². The van der Waals surface area contributed by atoms with Crippen molar-refractivity contribution >= 4 is 27.3 Å². The zero-order chi connectivity index (χ0) is 16.1. The van der Waals surface area contributed by atoms with E-state index < -0.39 is 0 Å². The Morgan fingerprint density at radius 2 is 1.79 bits per heavy atom. The second-order valence-electron chi connectivity index (χ2n) is 6.17. The summed E-state index contributed by atoms with van der Waals surface area (Å²) < 4.78 is 2.19. The number of para-hydroxylation sites is 1. The van der Waals surface area contributed by atoms with Crippen molar-refractivity contribution in [2.45, 2.75) is 6.92 Å². The van der Waals surface area contributed by atoms with Gasteiger partial charge in [0.2, 0.25) is 5.52 Å². The highest BCUT2D eigenvalue weighted by atomic mass is 14.9. The van der Waals surface area contributed by atoms with Gasteiger partial charge in [-0.2, -0.15) is 4.40 Å². The highest BCUT2D eigenvalue weighted by molar-refractivity contribution is 6.11. The summed E-state index contributed by atoms with van der Waals surface area (Å²) in [5, 5.41) is 2.52. The lowest BCUT2D eigenvalue weighted by molar-refractivity contribution is -0.511. The van der Waals surface area contributed by atoms with Crippen LogP contribution in [0.1, 0.15) is 5.56 Å². The number of hydrogen-bond acceptors (Lipinski definition) is 1. The van der Waals surface area contributed by atoms with Crippen molar-refractivity contribution in [1.82, 2.24) is 9.97 Å². The van der Waals surface area contributed by atoms with Crippen molar-refractivity contribution < 1.29 is 4.40 Å². The molecule has 0 saturated carbocycles. The molecule has 0 fully saturated rings. The summed E-state index contributed by atoms with van der Waals surface area (Å²) in [6.45, 7) is 2.15. The Kier molecular flexibility index (Phi) is 2.71. The van der Waals surface area contributed by atoms with Crippen LogP contribution in [0.3, 0.4) is 0 Å². The van der Waals surface area contributed by atoms with Crippen molar-refractivity contribution in [2.24, 2.45) is 0 Å². The molecule has 0 amide bonds. The molecule has 5 rings (SSSR count). The summed E-state index contributed by atoms with van der Waals surface area (Å²) >= 11 is 0. The minimum Gasteiger partial charge on any atom is -0.349 e. The molecule has 1 N–H and O–H groups in total. The lowest BCUT2D eigenvalue weighted by Crippen LogP contribution is -2.21. The van der Waals surface area contributed by atoms with Crippen molar-refractivity contribution in [3.8, 4) is 11.1 Å². The molecule has 0 radical (unpaired) electrons. The number of aromatic nitrogens is 3. The standard InChI is InChI=1S/C21H15N3/c1-14-13-24-11-8-17-16-4-2-3-5-19(16)23-21(17)20(24)12-18(14)15-6-9-22-10-7-15/h2-13H,1H3/p+1. The van der Waals surface area contributed by atoms with Crippen LogP contribution in [0.25, 0.3) is 38.4 Å².